The number of unbranched alkanes of at least 4 members (excludes halogenated alkanes) is 11. The van der Waals surface area contributed by atoms with Crippen LogP contribution in [-0.4, -0.2) is 80.3 Å². The fraction of sp³-hybridized carbons (Fsp3) is 0.914. The van der Waals surface area contributed by atoms with E-state index in [4.69, 9.17) is 9.47 Å². The van der Waals surface area contributed by atoms with Crippen LogP contribution in [0.5, 0.6) is 0 Å². The summed E-state index contributed by atoms with van der Waals surface area (Å²) in [4.78, 5) is 11.7. The lowest BCUT2D eigenvalue weighted by Crippen LogP contribution is -2.31. The van der Waals surface area contributed by atoms with Crippen molar-refractivity contribution in [2.75, 3.05) is 0 Å². The zero-order valence-electron chi connectivity index (χ0n) is 27.2. The van der Waals surface area contributed by atoms with Crippen molar-refractivity contribution in [3.63, 3.8) is 0 Å². The molecular formula is C35H64O8. The van der Waals surface area contributed by atoms with E-state index in [0.717, 1.165) is 51.4 Å². The first kappa shape index (κ1) is 38.2. The third kappa shape index (κ3) is 16.2. The number of carbonyl (C=O) groups is 1. The van der Waals surface area contributed by atoms with Crippen molar-refractivity contribution < 1.29 is 39.8 Å². The molecule has 1 saturated heterocycles. The number of cyclic esters (lactones) is 1. The monoisotopic (exact) mass is 612 g/mol. The zero-order valence-corrected chi connectivity index (χ0v) is 27.2. The summed E-state index contributed by atoms with van der Waals surface area (Å²) in [6, 6.07) is 0. The minimum absolute atomic E-state index is 0.202. The van der Waals surface area contributed by atoms with E-state index in [0.29, 0.717) is 44.1 Å². The summed E-state index contributed by atoms with van der Waals surface area (Å²) in [5, 5.41) is 52.1. The molecule has 0 radical (unpaired) electrons. The number of esters is 1. The Hall–Kier alpha value is -1.03. The number of rotatable bonds is 26. The van der Waals surface area contributed by atoms with E-state index in [1.54, 1.807) is 13.0 Å². The summed E-state index contributed by atoms with van der Waals surface area (Å²) < 4.78 is 11.1. The first-order valence-corrected chi connectivity index (χ1v) is 17.7. The predicted octanol–water partition coefficient (Wildman–Crippen LogP) is 6.03. The summed E-state index contributed by atoms with van der Waals surface area (Å²) in [5.74, 6) is -0.343. The molecule has 0 amide bonds. The molecule has 2 heterocycles. The predicted molar refractivity (Wildman–Crippen MR) is 170 cm³/mol. The van der Waals surface area contributed by atoms with Crippen LogP contribution in [0.3, 0.4) is 0 Å². The van der Waals surface area contributed by atoms with Gasteiger partial charge in [0.25, 0.3) is 0 Å². The topological polar surface area (TPSA) is 137 Å². The van der Waals surface area contributed by atoms with Gasteiger partial charge in [0.1, 0.15) is 6.10 Å². The highest BCUT2D eigenvalue weighted by Crippen LogP contribution is 2.28. The average Bonchev–Trinajstić information content (AvgIpc) is 3.59. The molecule has 0 saturated carbocycles. The third-order valence-corrected chi connectivity index (χ3v) is 9.22. The van der Waals surface area contributed by atoms with Crippen molar-refractivity contribution in [1.29, 1.82) is 0 Å². The van der Waals surface area contributed by atoms with Gasteiger partial charge in [0, 0.05) is 12.0 Å². The SMILES string of the molecule is CCCCCCCCCCCC[C@@H](O)[C@H]1CC[C@H]([C@H](O)CCC[C@H](O)[C@H](O)CCCCCC(O)CC2=CC(C)OC2=O)O1. The summed E-state index contributed by atoms with van der Waals surface area (Å²) >= 11 is 0. The van der Waals surface area contributed by atoms with Gasteiger partial charge in [-0.2, -0.15) is 0 Å². The Kier molecular flexibility index (Phi) is 19.9. The normalized spacial score (nSPS) is 24.0. The number of aliphatic hydroxyl groups is 5. The van der Waals surface area contributed by atoms with Gasteiger partial charge < -0.3 is 35.0 Å². The molecule has 0 aromatic rings. The largest absolute Gasteiger partial charge is 0.455 e. The maximum atomic E-state index is 11.7. The highest BCUT2D eigenvalue weighted by Gasteiger charge is 2.34. The molecule has 0 bridgehead atoms. The van der Waals surface area contributed by atoms with Crippen LogP contribution in [0.2, 0.25) is 0 Å². The van der Waals surface area contributed by atoms with Gasteiger partial charge in [0.2, 0.25) is 0 Å². The highest BCUT2D eigenvalue weighted by atomic mass is 16.5. The molecule has 2 aliphatic rings. The Labute approximate surface area is 261 Å². The molecule has 8 atom stereocenters. The van der Waals surface area contributed by atoms with Crippen LogP contribution in [0.4, 0.5) is 0 Å². The fourth-order valence-electron chi connectivity index (χ4n) is 6.44. The minimum Gasteiger partial charge on any atom is -0.455 e. The smallest absolute Gasteiger partial charge is 0.334 e. The maximum absolute atomic E-state index is 11.7. The van der Waals surface area contributed by atoms with Gasteiger partial charge >= 0.3 is 5.97 Å². The molecule has 2 rings (SSSR count). The number of aliphatic hydroxyl groups excluding tert-OH is 5. The molecule has 0 spiro atoms. The summed E-state index contributed by atoms with van der Waals surface area (Å²) in [6.07, 6.45) is 17.9. The van der Waals surface area contributed by atoms with Crippen molar-refractivity contribution in [2.24, 2.45) is 0 Å². The van der Waals surface area contributed by atoms with Crippen LogP contribution in [0, 0.1) is 0 Å². The molecular weight excluding hydrogens is 548 g/mol. The van der Waals surface area contributed by atoms with Gasteiger partial charge in [-0.25, -0.2) is 4.79 Å². The van der Waals surface area contributed by atoms with Crippen LogP contribution in [0.1, 0.15) is 155 Å². The molecule has 0 aromatic carbocycles. The first-order chi connectivity index (χ1) is 20.7. The molecule has 1 fully saturated rings. The molecule has 2 aliphatic heterocycles. The molecule has 0 aromatic heterocycles. The second-order valence-electron chi connectivity index (χ2n) is 13.3. The van der Waals surface area contributed by atoms with Crippen molar-refractivity contribution in [3.05, 3.63) is 11.6 Å². The summed E-state index contributed by atoms with van der Waals surface area (Å²) in [6.45, 7) is 4.04. The maximum Gasteiger partial charge on any atom is 0.334 e. The standard InChI is InChI=1S/C35H64O8/c1-3-4-5-6-7-8-9-10-11-14-19-31(39)33-22-23-34(43-33)32(40)21-16-20-30(38)29(37)18-15-12-13-17-28(36)25-27-24-26(2)42-35(27)41/h24,26,28-34,36-40H,3-23,25H2,1-2H3/t26?,28?,29-,30+,31-,32-,33-,34-/m1/s1. The second-order valence-corrected chi connectivity index (χ2v) is 13.3. The lowest BCUT2D eigenvalue weighted by molar-refractivity contribution is -0.139. The quantitative estimate of drug-likeness (QED) is 0.0590. The Morgan fingerprint density at radius 1 is 0.674 bits per heavy atom. The summed E-state index contributed by atoms with van der Waals surface area (Å²) in [7, 11) is 0. The fourth-order valence-corrected chi connectivity index (χ4v) is 6.44. The second kappa shape index (κ2) is 22.5. The van der Waals surface area contributed by atoms with Gasteiger partial charge in [-0.1, -0.05) is 90.4 Å². The molecule has 8 nitrogen and oxygen atoms in total. The molecule has 2 unspecified atom stereocenters. The number of hydrogen-bond donors (Lipinski definition) is 5. The van der Waals surface area contributed by atoms with Gasteiger partial charge in [0.05, 0.1) is 42.7 Å². The van der Waals surface area contributed by atoms with Gasteiger partial charge in [-0.3, -0.25) is 0 Å². The van der Waals surface area contributed by atoms with Gasteiger partial charge in [0.15, 0.2) is 0 Å². The average molecular weight is 613 g/mol. The van der Waals surface area contributed by atoms with E-state index < -0.39 is 30.5 Å². The zero-order chi connectivity index (χ0) is 31.5. The van der Waals surface area contributed by atoms with Crippen molar-refractivity contribution in [1.82, 2.24) is 0 Å². The van der Waals surface area contributed by atoms with Gasteiger partial charge in [-0.15, -0.1) is 0 Å². The van der Waals surface area contributed by atoms with Crippen LogP contribution >= 0.6 is 0 Å². The molecule has 0 aliphatic carbocycles. The summed E-state index contributed by atoms with van der Waals surface area (Å²) in [5.41, 5.74) is 0.542. The van der Waals surface area contributed by atoms with Crippen LogP contribution < -0.4 is 0 Å². The number of carbonyl (C=O) groups excluding carboxylic acids is 1. The van der Waals surface area contributed by atoms with E-state index in [9.17, 15) is 30.3 Å². The first-order valence-electron chi connectivity index (χ1n) is 17.7. The number of ether oxygens (including phenoxy) is 2. The Bertz CT molecular complexity index is 758. The lowest BCUT2D eigenvalue weighted by Gasteiger charge is -2.23. The van der Waals surface area contributed by atoms with Gasteiger partial charge in [-0.05, 0) is 64.4 Å². The molecule has 8 heteroatoms. The van der Waals surface area contributed by atoms with E-state index in [-0.39, 0.29) is 24.3 Å². The molecule has 252 valence electrons. The molecule has 5 N–H and O–H groups in total. The van der Waals surface area contributed by atoms with Crippen molar-refractivity contribution in [2.45, 2.75) is 204 Å². The van der Waals surface area contributed by atoms with Crippen molar-refractivity contribution in [3.8, 4) is 0 Å². The Morgan fingerprint density at radius 3 is 1.70 bits per heavy atom. The van der Waals surface area contributed by atoms with Crippen LogP contribution in [0.15, 0.2) is 11.6 Å². The van der Waals surface area contributed by atoms with Crippen molar-refractivity contribution >= 4 is 5.97 Å². The van der Waals surface area contributed by atoms with E-state index >= 15 is 0 Å². The van der Waals surface area contributed by atoms with Crippen LogP contribution in [0.25, 0.3) is 0 Å². The Morgan fingerprint density at radius 2 is 1.14 bits per heavy atom. The Balaban J connectivity index is 1.46. The van der Waals surface area contributed by atoms with E-state index in [2.05, 4.69) is 6.92 Å². The third-order valence-electron chi connectivity index (χ3n) is 9.22. The number of hydrogen-bond acceptors (Lipinski definition) is 8. The van der Waals surface area contributed by atoms with Crippen LogP contribution in [-0.2, 0) is 14.3 Å². The highest BCUT2D eigenvalue weighted by molar-refractivity contribution is 5.90. The van der Waals surface area contributed by atoms with E-state index in [1.165, 1.54) is 51.4 Å². The minimum atomic E-state index is -0.833. The lowest BCUT2D eigenvalue weighted by atomic mass is 9.97. The van der Waals surface area contributed by atoms with E-state index in [1.807, 2.05) is 0 Å². The molecule has 43 heavy (non-hydrogen) atoms.